The number of ether oxygens (including phenoxy) is 1. The van der Waals surface area contributed by atoms with Gasteiger partial charge in [0.25, 0.3) is 0 Å². The van der Waals surface area contributed by atoms with Crippen molar-refractivity contribution < 1.29 is 13.2 Å². The van der Waals surface area contributed by atoms with Crippen LogP contribution in [0.3, 0.4) is 0 Å². The van der Waals surface area contributed by atoms with Gasteiger partial charge in [-0.25, -0.2) is 17.5 Å². The minimum Gasteiger partial charge on any atom is -0.383 e. The number of anilines is 1. The van der Waals surface area contributed by atoms with E-state index in [1.54, 1.807) is 24.3 Å². The highest BCUT2D eigenvalue weighted by atomic mass is 32.2. The van der Waals surface area contributed by atoms with E-state index >= 15 is 0 Å². The number of aromatic nitrogens is 1. The molecule has 0 bridgehead atoms. The molecule has 0 unspecified atom stereocenters. The van der Waals surface area contributed by atoms with Crippen LogP contribution in [0.4, 0.5) is 5.69 Å². The Morgan fingerprint density at radius 2 is 2.00 bits per heavy atom. The molecule has 0 saturated carbocycles. The Kier molecular flexibility index (Phi) is 5.90. The lowest BCUT2D eigenvalue weighted by Gasteiger charge is -2.08. The second-order valence-electron chi connectivity index (χ2n) is 4.70. The van der Waals surface area contributed by atoms with Crippen molar-refractivity contribution in [3.8, 4) is 0 Å². The Hall–Kier alpha value is -1.48. The molecule has 1 aromatic carbocycles. The molecule has 0 aliphatic carbocycles. The van der Waals surface area contributed by atoms with Gasteiger partial charge in [0, 0.05) is 30.4 Å². The molecule has 0 aliphatic rings. The zero-order valence-corrected chi connectivity index (χ0v) is 14.1. The summed E-state index contributed by atoms with van der Waals surface area (Å²) in [6, 6.07) is 6.66. The first-order valence-electron chi connectivity index (χ1n) is 6.75. The fourth-order valence-electron chi connectivity index (χ4n) is 1.78. The number of nitrogens with one attached hydrogen (secondary N) is 2. The predicted molar refractivity (Wildman–Crippen MR) is 87.7 cm³/mol. The van der Waals surface area contributed by atoms with E-state index in [0.29, 0.717) is 13.2 Å². The number of hydrogen-bond donors (Lipinski definition) is 2. The fourth-order valence-corrected chi connectivity index (χ4v) is 3.47. The molecule has 2 aromatic rings. The average Bonchev–Trinajstić information content (AvgIpc) is 2.91. The quantitative estimate of drug-likeness (QED) is 0.718. The van der Waals surface area contributed by atoms with Crippen molar-refractivity contribution in [2.75, 3.05) is 25.6 Å². The van der Waals surface area contributed by atoms with Gasteiger partial charge in [-0.1, -0.05) is 0 Å². The standard InChI is InChI=1S/C14H19N3O3S2/c1-11-9-16-21-14(11)10-15-12-3-5-13(6-4-12)22(18,19)17-7-8-20-2/h3-6,9,15,17H,7-8,10H2,1-2H3. The van der Waals surface area contributed by atoms with Crippen LogP contribution in [0.1, 0.15) is 10.4 Å². The lowest BCUT2D eigenvalue weighted by Crippen LogP contribution is -2.27. The molecule has 6 nitrogen and oxygen atoms in total. The molecule has 0 amide bonds. The van der Waals surface area contributed by atoms with Crippen molar-refractivity contribution >= 4 is 27.2 Å². The molecule has 0 atom stereocenters. The number of nitrogens with zero attached hydrogens (tertiary/aromatic N) is 1. The highest BCUT2D eigenvalue weighted by molar-refractivity contribution is 7.89. The van der Waals surface area contributed by atoms with Crippen LogP contribution in [0.5, 0.6) is 0 Å². The minimum atomic E-state index is -3.48. The minimum absolute atomic E-state index is 0.239. The van der Waals surface area contributed by atoms with Crippen LogP contribution < -0.4 is 10.0 Å². The second-order valence-corrected chi connectivity index (χ2v) is 7.35. The van der Waals surface area contributed by atoms with Crippen molar-refractivity contribution in [1.82, 2.24) is 9.10 Å². The van der Waals surface area contributed by atoms with Gasteiger partial charge < -0.3 is 10.1 Å². The maximum atomic E-state index is 12.0. The molecule has 8 heteroatoms. The van der Waals surface area contributed by atoms with Crippen molar-refractivity contribution in [3.63, 3.8) is 0 Å². The van der Waals surface area contributed by atoms with E-state index in [4.69, 9.17) is 4.74 Å². The van der Waals surface area contributed by atoms with E-state index in [2.05, 4.69) is 14.4 Å². The predicted octanol–water partition coefficient (Wildman–Crippen LogP) is 1.99. The van der Waals surface area contributed by atoms with Gasteiger partial charge in [-0.3, -0.25) is 0 Å². The van der Waals surface area contributed by atoms with Crippen LogP contribution in [-0.2, 0) is 21.3 Å². The normalized spacial score (nSPS) is 11.5. The first-order valence-corrected chi connectivity index (χ1v) is 9.01. The molecule has 22 heavy (non-hydrogen) atoms. The summed E-state index contributed by atoms with van der Waals surface area (Å²) in [5.41, 5.74) is 2.02. The molecule has 1 aromatic heterocycles. The monoisotopic (exact) mass is 341 g/mol. The Balaban J connectivity index is 1.96. The van der Waals surface area contributed by atoms with E-state index in [-0.39, 0.29) is 11.4 Å². The lowest BCUT2D eigenvalue weighted by molar-refractivity contribution is 0.204. The average molecular weight is 341 g/mol. The molecule has 0 spiro atoms. The molecule has 0 saturated heterocycles. The van der Waals surface area contributed by atoms with Crippen LogP contribution in [-0.4, -0.2) is 33.1 Å². The highest BCUT2D eigenvalue weighted by Crippen LogP contribution is 2.17. The maximum Gasteiger partial charge on any atom is 0.240 e. The van der Waals surface area contributed by atoms with Crippen LogP contribution in [0.15, 0.2) is 35.4 Å². The Morgan fingerprint density at radius 3 is 2.59 bits per heavy atom. The van der Waals surface area contributed by atoms with E-state index in [1.165, 1.54) is 18.6 Å². The third-order valence-electron chi connectivity index (χ3n) is 3.07. The molecular weight excluding hydrogens is 322 g/mol. The number of methoxy groups -OCH3 is 1. The van der Waals surface area contributed by atoms with Crippen LogP contribution >= 0.6 is 11.5 Å². The molecular formula is C14H19N3O3S2. The fraction of sp³-hybridized carbons (Fsp3) is 0.357. The number of sulfonamides is 1. The Labute approximate surface area is 134 Å². The SMILES string of the molecule is COCCNS(=O)(=O)c1ccc(NCc2sncc2C)cc1. The van der Waals surface area contributed by atoms with Crippen molar-refractivity contribution in [2.24, 2.45) is 0 Å². The van der Waals surface area contributed by atoms with Gasteiger partial charge >= 0.3 is 0 Å². The van der Waals surface area contributed by atoms with Gasteiger partial charge in [-0.05, 0) is 48.3 Å². The first-order chi connectivity index (χ1) is 10.5. The molecule has 0 fully saturated rings. The van der Waals surface area contributed by atoms with Crippen molar-refractivity contribution in [3.05, 3.63) is 40.9 Å². The lowest BCUT2D eigenvalue weighted by atomic mass is 10.3. The summed E-state index contributed by atoms with van der Waals surface area (Å²) in [5, 5.41) is 3.25. The summed E-state index contributed by atoms with van der Waals surface area (Å²) >= 11 is 1.46. The zero-order chi connectivity index (χ0) is 16.0. The van der Waals surface area contributed by atoms with E-state index in [9.17, 15) is 8.42 Å². The second kappa shape index (κ2) is 7.68. The zero-order valence-electron chi connectivity index (χ0n) is 12.5. The number of rotatable bonds is 8. The maximum absolute atomic E-state index is 12.0. The summed E-state index contributed by atoms with van der Waals surface area (Å²) in [6.45, 7) is 3.28. The summed E-state index contributed by atoms with van der Waals surface area (Å²) in [5.74, 6) is 0. The third kappa shape index (κ3) is 4.51. The highest BCUT2D eigenvalue weighted by Gasteiger charge is 2.12. The molecule has 2 N–H and O–H groups in total. The summed E-state index contributed by atoms with van der Waals surface area (Å²) < 4.78 is 35.5. The van der Waals surface area contributed by atoms with Gasteiger partial charge in [0.2, 0.25) is 10.0 Å². The number of aryl methyl sites for hydroxylation is 1. The van der Waals surface area contributed by atoms with E-state index in [1.807, 2.05) is 13.1 Å². The van der Waals surface area contributed by atoms with E-state index in [0.717, 1.165) is 16.1 Å². The van der Waals surface area contributed by atoms with Gasteiger partial charge in [0.15, 0.2) is 0 Å². The largest absolute Gasteiger partial charge is 0.383 e. The van der Waals surface area contributed by atoms with Crippen molar-refractivity contribution in [2.45, 2.75) is 18.4 Å². The number of hydrogen-bond acceptors (Lipinski definition) is 6. The van der Waals surface area contributed by atoms with E-state index < -0.39 is 10.0 Å². The summed E-state index contributed by atoms with van der Waals surface area (Å²) in [4.78, 5) is 1.40. The third-order valence-corrected chi connectivity index (χ3v) is 5.44. The summed E-state index contributed by atoms with van der Waals surface area (Å²) in [6.07, 6.45) is 1.84. The van der Waals surface area contributed by atoms with Gasteiger partial charge in [-0.2, -0.15) is 0 Å². The van der Waals surface area contributed by atoms with Gasteiger partial charge in [-0.15, -0.1) is 0 Å². The van der Waals surface area contributed by atoms with Crippen LogP contribution in [0, 0.1) is 6.92 Å². The molecule has 0 aliphatic heterocycles. The van der Waals surface area contributed by atoms with Crippen LogP contribution in [0.2, 0.25) is 0 Å². The molecule has 0 radical (unpaired) electrons. The topological polar surface area (TPSA) is 80.3 Å². The molecule has 120 valence electrons. The summed E-state index contributed by atoms with van der Waals surface area (Å²) in [7, 11) is -1.95. The number of benzene rings is 1. The Morgan fingerprint density at radius 1 is 1.27 bits per heavy atom. The molecule has 1 heterocycles. The van der Waals surface area contributed by atoms with Gasteiger partial charge in [0.05, 0.1) is 18.0 Å². The smallest absolute Gasteiger partial charge is 0.240 e. The van der Waals surface area contributed by atoms with Gasteiger partial charge in [0.1, 0.15) is 0 Å². The van der Waals surface area contributed by atoms with Crippen LogP contribution in [0.25, 0.3) is 0 Å². The first kappa shape index (κ1) is 16.9. The van der Waals surface area contributed by atoms with Crippen molar-refractivity contribution in [1.29, 1.82) is 0 Å². The Bertz CT molecular complexity index is 696. The molecule has 2 rings (SSSR count).